The predicted molar refractivity (Wildman–Crippen MR) is 73.0 cm³/mol. The minimum absolute atomic E-state index is 0.269. The molecule has 0 bridgehead atoms. The topological polar surface area (TPSA) is 64.4 Å². The minimum atomic E-state index is -4.75. The lowest BCUT2D eigenvalue weighted by Crippen LogP contribution is -2.16. The van der Waals surface area contributed by atoms with Gasteiger partial charge in [0.25, 0.3) is 5.91 Å². The highest BCUT2D eigenvalue weighted by molar-refractivity contribution is 7.22. The van der Waals surface area contributed by atoms with Crippen molar-refractivity contribution in [3.05, 3.63) is 42.4 Å². The number of benzene rings is 1. The molecule has 1 amide bonds. The number of thiazole rings is 1. The molecule has 114 valence electrons. The van der Waals surface area contributed by atoms with Gasteiger partial charge in [-0.2, -0.15) is 0 Å². The number of carbonyl (C=O) groups is 1. The molecule has 0 saturated carbocycles. The van der Waals surface area contributed by atoms with Gasteiger partial charge in [-0.05, 0) is 18.2 Å². The number of amides is 1. The Morgan fingerprint density at radius 1 is 1.32 bits per heavy atom. The monoisotopic (exact) mass is 328 g/mol. The van der Waals surface area contributed by atoms with Gasteiger partial charge in [-0.15, -0.1) is 13.2 Å². The van der Waals surface area contributed by atoms with Gasteiger partial charge < -0.3 is 9.15 Å². The molecule has 1 N–H and O–H groups in total. The Balaban J connectivity index is 1.82. The lowest BCUT2D eigenvalue weighted by Gasteiger charge is -2.07. The number of fused-ring (bicyclic) bond motifs is 1. The fraction of sp³-hybridized carbons (Fsp3) is 0.0769. The van der Waals surface area contributed by atoms with E-state index >= 15 is 0 Å². The third-order valence-corrected chi connectivity index (χ3v) is 3.53. The van der Waals surface area contributed by atoms with Crippen LogP contribution in [0.1, 0.15) is 10.4 Å². The molecule has 0 spiro atoms. The summed E-state index contributed by atoms with van der Waals surface area (Å²) in [5.41, 5.74) is 0.780. The largest absolute Gasteiger partial charge is 0.573 e. The van der Waals surface area contributed by atoms with Gasteiger partial charge in [0.15, 0.2) is 5.13 Å². The van der Waals surface area contributed by atoms with Crippen LogP contribution in [0.5, 0.6) is 5.75 Å². The number of rotatable bonds is 3. The van der Waals surface area contributed by atoms with E-state index in [4.69, 9.17) is 4.42 Å². The van der Waals surface area contributed by atoms with Gasteiger partial charge in [-0.1, -0.05) is 11.3 Å². The normalized spacial score (nSPS) is 11.6. The summed E-state index contributed by atoms with van der Waals surface area (Å²) in [6.45, 7) is 0. The van der Waals surface area contributed by atoms with Gasteiger partial charge in [0.05, 0.1) is 22.0 Å². The number of carbonyl (C=O) groups excluding carboxylic acids is 1. The highest BCUT2D eigenvalue weighted by Crippen LogP contribution is 2.31. The minimum Gasteiger partial charge on any atom is -0.472 e. The first-order valence-corrected chi connectivity index (χ1v) is 6.72. The Bertz CT molecular complexity index is 812. The van der Waals surface area contributed by atoms with Crippen LogP contribution < -0.4 is 10.1 Å². The second kappa shape index (κ2) is 5.34. The number of anilines is 1. The number of furan rings is 1. The van der Waals surface area contributed by atoms with Crippen molar-refractivity contribution < 1.29 is 27.1 Å². The van der Waals surface area contributed by atoms with E-state index in [2.05, 4.69) is 15.0 Å². The van der Waals surface area contributed by atoms with Gasteiger partial charge in [0, 0.05) is 6.07 Å². The molecule has 3 aromatic rings. The summed E-state index contributed by atoms with van der Waals surface area (Å²) in [6.07, 6.45) is -2.12. The van der Waals surface area contributed by atoms with E-state index in [0.717, 1.165) is 17.4 Å². The number of ether oxygens (including phenoxy) is 1. The van der Waals surface area contributed by atoms with Crippen molar-refractivity contribution >= 4 is 32.6 Å². The average molecular weight is 328 g/mol. The van der Waals surface area contributed by atoms with E-state index in [-0.39, 0.29) is 10.9 Å². The molecular weight excluding hydrogens is 321 g/mol. The van der Waals surface area contributed by atoms with Crippen molar-refractivity contribution in [2.45, 2.75) is 6.36 Å². The molecule has 0 aliphatic heterocycles. The molecule has 0 aliphatic rings. The first kappa shape index (κ1) is 14.4. The zero-order valence-corrected chi connectivity index (χ0v) is 11.5. The van der Waals surface area contributed by atoms with E-state index in [0.29, 0.717) is 15.8 Å². The average Bonchev–Trinajstić information content (AvgIpc) is 3.04. The SMILES string of the molecule is O=C(Nc1nc2ccc(OC(F)(F)F)cc2s1)c1ccoc1. The number of hydrogen-bond acceptors (Lipinski definition) is 5. The number of nitrogens with one attached hydrogen (secondary N) is 1. The summed E-state index contributed by atoms with van der Waals surface area (Å²) in [7, 11) is 0. The maximum absolute atomic E-state index is 12.2. The molecule has 22 heavy (non-hydrogen) atoms. The van der Waals surface area contributed by atoms with E-state index in [1.165, 1.54) is 30.7 Å². The maximum atomic E-state index is 12.2. The molecule has 0 unspecified atom stereocenters. The molecule has 0 atom stereocenters. The van der Waals surface area contributed by atoms with Crippen LogP contribution in [0.4, 0.5) is 18.3 Å². The predicted octanol–water partition coefficient (Wildman–Crippen LogP) is 4.04. The molecule has 0 saturated heterocycles. The number of aromatic nitrogens is 1. The molecule has 0 fully saturated rings. The summed E-state index contributed by atoms with van der Waals surface area (Å²) in [6, 6.07) is 5.25. The van der Waals surface area contributed by atoms with Crippen LogP contribution in [0, 0.1) is 0 Å². The standard InChI is InChI=1S/C13H7F3N2O3S/c14-13(15,16)21-8-1-2-9-10(5-8)22-12(17-9)18-11(19)7-3-4-20-6-7/h1-6H,(H,17,18,19). The van der Waals surface area contributed by atoms with Crippen molar-refractivity contribution in [2.24, 2.45) is 0 Å². The van der Waals surface area contributed by atoms with Crippen LogP contribution in [0.15, 0.2) is 41.2 Å². The second-order valence-corrected chi connectivity index (χ2v) is 5.19. The molecule has 2 aromatic heterocycles. The van der Waals surface area contributed by atoms with Crippen LogP contribution in [0.25, 0.3) is 10.2 Å². The third kappa shape index (κ3) is 3.19. The number of halogens is 3. The number of hydrogen-bond donors (Lipinski definition) is 1. The summed E-state index contributed by atoms with van der Waals surface area (Å²) in [4.78, 5) is 15.9. The van der Waals surface area contributed by atoms with Crippen molar-refractivity contribution in [1.82, 2.24) is 4.98 Å². The molecule has 3 rings (SSSR count). The molecule has 2 heterocycles. The summed E-state index contributed by atoms with van der Waals surface area (Å²) in [5.74, 6) is -0.754. The van der Waals surface area contributed by atoms with Gasteiger partial charge in [-0.3, -0.25) is 10.1 Å². The summed E-state index contributed by atoms with van der Waals surface area (Å²) in [5, 5.41) is 2.82. The fourth-order valence-electron chi connectivity index (χ4n) is 1.72. The van der Waals surface area contributed by atoms with Crippen LogP contribution in [-0.2, 0) is 0 Å². The second-order valence-electron chi connectivity index (χ2n) is 4.16. The fourth-order valence-corrected chi connectivity index (χ4v) is 2.61. The highest BCUT2D eigenvalue weighted by Gasteiger charge is 2.31. The molecule has 1 aromatic carbocycles. The van der Waals surface area contributed by atoms with E-state index in [9.17, 15) is 18.0 Å². The lowest BCUT2D eigenvalue weighted by molar-refractivity contribution is -0.274. The van der Waals surface area contributed by atoms with Crippen LogP contribution >= 0.6 is 11.3 Å². The van der Waals surface area contributed by atoms with Crippen molar-refractivity contribution in [3.8, 4) is 5.75 Å². The Labute approximate surface area is 125 Å². The van der Waals surface area contributed by atoms with Gasteiger partial charge in [0.1, 0.15) is 12.0 Å². The first-order valence-electron chi connectivity index (χ1n) is 5.90. The molecule has 9 heteroatoms. The van der Waals surface area contributed by atoms with Crippen LogP contribution in [0.2, 0.25) is 0 Å². The van der Waals surface area contributed by atoms with Crippen molar-refractivity contribution in [2.75, 3.05) is 5.32 Å². The Hall–Kier alpha value is -2.55. The third-order valence-electron chi connectivity index (χ3n) is 2.60. The van der Waals surface area contributed by atoms with E-state index in [1.807, 2.05) is 0 Å². The van der Waals surface area contributed by atoms with Gasteiger partial charge >= 0.3 is 6.36 Å². The summed E-state index contributed by atoms with van der Waals surface area (Å²) < 4.78 is 45.6. The van der Waals surface area contributed by atoms with Crippen molar-refractivity contribution in [3.63, 3.8) is 0 Å². The number of nitrogens with zero attached hydrogens (tertiary/aromatic N) is 1. The zero-order chi connectivity index (χ0) is 15.7. The number of alkyl halides is 3. The molecule has 0 aliphatic carbocycles. The zero-order valence-electron chi connectivity index (χ0n) is 10.7. The molecule has 5 nitrogen and oxygen atoms in total. The van der Waals surface area contributed by atoms with E-state index in [1.54, 1.807) is 0 Å². The molecule has 0 radical (unpaired) electrons. The molecular formula is C13H7F3N2O3S. The van der Waals surface area contributed by atoms with Gasteiger partial charge in [0.2, 0.25) is 0 Å². The Morgan fingerprint density at radius 3 is 2.82 bits per heavy atom. The Morgan fingerprint density at radius 2 is 2.14 bits per heavy atom. The Kier molecular flexibility index (Phi) is 3.49. The van der Waals surface area contributed by atoms with Crippen LogP contribution in [0.3, 0.4) is 0 Å². The van der Waals surface area contributed by atoms with Gasteiger partial charge in [-0.25, -0.2) is 4.98 Å². The van der Waals surface area contributed by atoms with Crippen molar-refractivity contribution in [1.29, 1.82) is 0 Å². The lowest BCUT2D eigenvalue weighted by atomic mass is 10.3. The first-order chi connectivity index (χ1) is 10.4. The maximum Gasteiger partial charge on any atom is 0.573 e. The quantitative estimate of drug-likeness (QED) is 0.788. The van der Waals surface area contributed by atoms with E-state index < -0.39 is 12.3 Å². The van der Waals surface area contributed by atoms with Crippen LogP contribution in [-0.4, -0.2) is 17.3 Å². The smallest absolute Gasteiger partial charge is 0.472 e. The highest BCUT2D eigenvalue weighted by atomic mass is 32.1. The summed E-state index contributed by atoms with van der Waals surface area (Å²) >= 11 is 1.04.